The summed E-state index contributed by atoms with van der Waals surface area (Å²) in [6.45, 7) is 16.7. The molecule has 1 aromatic heterocycles. The van der Waals surface area contributed by atoms with Crippen molar-refractivity contribution in [2.45, 2.75) is 51.6 Å². The largest absolute Gasteiger partial charge is 0.410 e. The molecule has 0 aliphatic carbocycles. The van der Waals surface area contributed by atoms with Gasteiger partial charge in [-0.25, -0.2) is 4.98 Å². The third-order valence-corrected chi connectivity index (χ3v) is 10.3. The van der Waals surface area contributed by atoms with Gasteiger partial charge in [-0.15, -0.1) is 17.9 Å². The molecule has 5 nitrogen and oxygen atoms in total. The zero-order valence-corrected chi connectivity index (χ0v) is 17.4. The number of aliphatic imine (C=N–C) groups is 1. The molecule has 2 rings (SSSR count). The smallest absolute Gasteiger partial charge is 0.192 e. The number of hydroxylamine groups is 2. The van der Waals surface area contributed by atoms with Gasteiger partial charge in [0.1, 0.15) is 5.01 Å². The van der Waals surface area contributed by atoms with E-state index in [0.717, 1.165) is 10.7 Å². The van der Waals surface area contributed by atoms with Gasteiger partial charge in [0.25, 0.3) is 0 Å². The number of rotatable bonds is 7. The number of thiazole rings is 1. The normalized spacial score (nSPS) is 18.0. The first-order valence-corrected chi connectivity index (χ1v) is 12.0. The van der Waals surface area contributed by atoms with Crippen LogP contribution in [0.4, 0.5) is 0 Å². The number of aromatic nitrogens is 1. The van der Waals surface area contributed by atoms with Crippen LogP contribution >= 0.6 is 11.3 Å². The summed E-state index contributed by atoms with van der Waals surface area (Å²) in [6.07, 6.45) is 3.61. The Morgan fingerprint density at radius 2 is 2.17 bits per heavy atom. The highest BCUT2D eigenvalue weighted by Gasteiger charge is 2.37. The highest BCUT2D eigenvalue weighted by molar-refractivity contribution is 7.12. The summed E-state index contributed by atoms with van der Waals surface area (Å²) >= 11 is 1.70. The summed E-state index contributed by atoms with van der Waals surface area (Å²) in [4.78, 5) is 16.0. The third-order valence-electron chi connectivity index (χ3n) is 4.72. The van der Waals surface area contributed by atoms with Gasteiger partial charge in [0, 0.05) is 13.3 Å². The van der Waals surface area contributed by atoms with Gasteiger partial charge in [-0.05, 0) is 18.1 Å². The zero-order valence-electron chi connectivity index (χ0n) is 15.6. The van der Waals surface area contributed by atoms with Crippen molar-refractivity contribution in [2.75, 3.05) is 20.2 Å². The van der Waals surface area contributed by atoms with E-state index in [1.54, 1.807) is 17.4 Å². The van der Waals surface area contributed by atoms with Crippen LogP contribution in [0.15, 0.2) is 17.6 Å². The first kappa shape index (κ1) is 19.5. The molecule has 134 valence electrons. The predicted molar refractivity (Wildman–Crippen MR) is 103 cm³/mol. The van der Waals surface area contributed by atoms with Crippen LogP contribution < -0.4 is 0 Å². The van der Waals surface area contributed by atoms with Gasteiger partial charge in [-0.1, -0.05) is 26.8 Å². The fraction of sp³-hybridized carbons (Fsp3) is 0.647. The molecule has 1 atom stereocenters. The van der Waals surface area contributed by atoms with Gasteiger partial charge < -0.3 is 4.43 Å². The standard InChI is InChI=1S/C17H29N3O2SSi/c1-8-9-21-20(5)14-11-18-10-13-16(14)23-15(19-13)12-22-24(6,7)17(2,3)4/h8,10,14H,1,9,11-12H2,2-7H3. The molecule has 7 heteroatoms. The van der Waals surface area contributed by atoms with Gasteiger partial charge in [-0.3, -0.25) is 9.83 Å². The lowest BCUT2D eigenvalue weighted by Crippen LogP contribution is -2.40. The van der Waals surface area contributed by atoms with Crippen LogP contribution in [0, 0.1) is 0 Å². The van der Waals surface area contributed by atoms with Crippen LogP contribution in [0.25, 0.3) is 0 Å². The Morgan fingerprint density at radius 3 is 2.79 bits per heavy atom. The number of likely N-dealkylation sites (N-methyl/N-ethyl adjacent to an activating group) is 1. The Balaban J connectivity index is 2.10. The van der Waals surface area contributed by atoms with Crippen LogP contribution in [-0.4, -0.2) is 44.8 Å². The summed E-state index contributed by atoms with van der Waals surface area (Å²) in [5.41, 5.74) is 0.944. The van der Waals surface area contributed by atoms with Crippen LogP contribution in [0.5, 0.6) is 0 Å². The Kier molecular flexibility index (Phi) is 6.14. The van der Waals surface area contributed by atoms with Crippen molar-refractivity contribution < 1.29 is 9.26 Å². The van der Waals surface area contributed by atoms with E-state index in [0.29, 0.717) is 19.8 Å². The maximum absolute atomic E-state index is 6.30. The molecule has 0 amide bonds. The van der Waals surface area contributed by atoms with Gasteiger partial charge in [0.2, 0.25) is 0 Å². The van der Waals surface area contributed by atoms with Gasteiger partial charge in [-0.2, -0.15) is 5.06 Å². The monoisotopic (exact) mass is 367 g/mol. The molecule has 1 aromatic rings. The van der Waals surface area contributed by atoms with Crippen molar-refractivity contribution >= 4 is 25.9 Å². The van der Waals surface area contributed by atoms with Crippen molar-refractivity contribution in [1.29, 1.82) is 0 Å². The van der Waals surface area contributed by atoms with E-state index in [2.05, 4.69) is 45.4 Å². The van der Waals surface area contributed by atoms with Crippen molar-refractivity contribution in [3.05, 3.63) is 28.2 Å². The average Bonchev–Trinajstić information content (AvgIpc) is 2.92. The lowest BCUT2D eigenvalue weighted by molar-refractivity contribution is -0.156. The summed E-state index contributed by atoms with van der Waals surface area (Å²) in [7, 11) is 0.165. The van der Waals surface area contributed by atoms with Crippen LogP contribution in [0.2, 0.25) is 18.1 Å². The molecule has 1 unspecified atom stereocenters. The van der Waals surface area contributed by atoms with Gasteiger partial charge in [0.15, 0.2) is 8.32 Å². The molecular weight excluding hydrogens is 338 g/mol. The molecule has 0 fully saturated rings. The summed E-state index contributed by atoms with van der Waals surface area (Å²) in [5, 5.41) is 3.07. The zero-order chi connectivity index (χ0) is 18.0. The summed E-state index contributed by atoms with van der Waals surface area (Å²) in [5.74, 6) is 0. The minimum absolute atomic E-state index is 0.101. The second kappa shape index (κ2) is 7.57. The maximum atomic E-state index is 6.30. The fourth-order valence-electron chi connectivity index (χ4n) is 2.11. The van der Waals surface area contributed by atoms with E-state index >= 15 is 0 Å². The second-order valence-corrected chi connectivity index (χ2v) is 13.5. The number of fused-ring (bicyclic) bond motifs is 1. The molecule has 1 aliphatic rings. The van der Waals surface area contributed by atoms with E-state index in [4.69, 9.17) is 14.2 Å². The molecule has 0 radical (unpaired) electrons. The lowest BCUT2D eigenvalue weighted by atomic mass is 10.2. The minimum atomic E-state index is -1.77. The molecule has 1 aliphatic heterocycles. The topological polar surface area (TPSA) is 47.0 Å². The molecule has 0 bridgehead atoms. The molecule has 0 saturated carbocycles. The van der Waals surface area contributed by atoms with Gasteiger partial charge >= 0.3 is 0 Å². The van der Waals surface area contributed by atoms with E-state index in [-0.39, 0.29) is 11.1 Å². The van der Waals surface area contributed by atoms with Crippen LogP contribution in [-0.2, 0) is 15.9 Å². The Bertz CT molecular complexity index is 607. The highest BCUT2D eigenvalue weighted by Crippen LogP contribution is 2.38. The molecular formula is C17H29N3O2SSi. The SMILES string of the molecule is C=CCON(C)C1CN=Cc2nc(CO[Si](C)(C)C(C)(C)C)sc21. The summed E-state index contributed by atoms with van der Waals surface area (Å²) < 4.78 is 6.30. The minimum Gasteiger partial charge on any atom is -0.410 e. The second-order valence-electron chi connectivity index (χ2n) is 7.55. The fourth-order valence-corrected chi connectivity index (χ4v) is 4.22. The number of hydrogen-bond donors (Lipinski definition) is 0. The maximum Gasteiger partial charge on any atom is 0.192 e. The third kappa shape index (κ3) is 4.40. The molecule has 2 heterocycles. The van der Waals surface area contributed by atoms with E-state index in [1.807, 2.05) is 18.3 Å². The number of nitrogens with zero attached hydrogens (tertiary/aromatic N) is 3. The first-order valence-electron chi connectivity index (χ1n) is 8.25. The Labute approximate surface area is 150 Å². The van der Waals surface area contributed by atoms with Crippen molar-refractivity contribution in [3.8, 4) is 0 Å². The molecule has 0 saturated heterocycles. The van der Waals surface area contributed by atoms with Gasteiger partial charge in [0.05, 0.1) is 36.4 Å². The van der Waals surface area contributed by atoms with Crippen LogP contribution in [0.1, 0.15) is 42.4 Å². The number of hydrogen-bond acceptors (Lipinski definition) is 6. The molecule has 24 heavy (non-hydrogen) atoms. The highest BCUT2D eigenvalue weighted by atomic mass is 32.1. The van der Waals surface area contributed by atoms with Crippen molar-refractivity contribution in [2.24, 2.45) is 4.99 Å². The van der Waals surface area contributed by atoms with E-state index in [1.165, 1.54) is 4.88 Å². The molecule has 0 spiro atoms. The predicted octanol–water partition coefficient (Wildman–Crippen LogP) is 4.19. The Morgan fingerprint density at radius 1 is 1.46 bits per heavy atom. The van der Waals surface area contributed by atoms with Crippen molar-refractivity contribution in [3.63, 3.8) is 0 Å². The van der Waals surface area contributed by atoms with Crippen molar-refractivity contribution in [1.82, 2.24) is 10.0 Å². The quantitative estimate of drug-likeness (QED) is 0.412. The first-order chi connectivity index (χ1) is 11.2. The lowest BCUT2D eigenvalue weighted by Gasteiger charge is -2.35. The molecule has 0 N–H and O–H groups in total. The summed E-state index contributed by atoms with van der Waals surface area (Å²) in [6, 6.07) is 0.101. The average molecular weight is 368 g/mol. The van der Waals surface area contributed by atoms with Crippen LogP contribution in [0.3, 0.4) is 0 Å². The Hall–Kier alpha value is -0.863. The van der Waals surface area contributed by atoms with E-state index in [9.17, 15) is 0 Å². The van der Waals surface area contributed by atoms with E-state index < -0.39 is 8.32 Å². The molecule has 0 aromatic carbocycles.